The first kappa shape index (κ1) is 21.0. The number of amides is 2. The van der Waals surface area contributed by atoms with E-state index in [0.29, 0.717) is 35.0 Å². The maximum absolute atomic E-state index is 13.0. The summed E-state index contributed by atoms with van der Waals surface area (Å²) in [5.74, 6) is 1.24. The molecule has 0 atom stereocenters. The summed E-state index contributed by atoms with van der Waals surface area (Å²) in [6.45, 7) is 0.536. The second-order valence-electron chi connectivity index (χ2n) is 7.92. The zero-order chi connectivity index (χ0) is 21.8. The molecule has 4 rings (SSSR count). The molecule has 2 aromatic rings. The van der Waals surface area contributed by atoms with Crippen LogP contribution in [0.2, 0.25) is 0 Å². The van der Waals surface area contributed by atoms with Gasteiger partial charge < -0.3 is 24.4 Å². The van der Waals surface area contributed by atoms with Crippen LogP contribution in [0, 0.1) is 0 Å². The number of rotatable bonds is 5. The number of methoxy groups -OCH3 is 2. The molecule has 31 heavy (non-hydrogen) atoms. The molecule has 1 heterocycles. The average molecular weight is 424 g/mol. The molecule has 7 nitrogen and oxygen atoms in total. The highest BCUT2D eigenvalue weighted by atomic mass is 16.5. The summed E-state index contributed by atoms with van der Waals surface area (Å²) in [6.07, 6.45) is 5.60. The molecule has 2 amide bonds. The molecule has 0 unspecified atom stereocenters. The number of nitrogens with zero attached hydrogens (tertiary/aromatic N) is 1. The fraction of sp³-hybridized carbons (Fsp3) is 0.417. The van der Waals surface area contributed by atoms with Gasteiger partial charge in [0.15, 0.2) is 6.61 Å². The van der Waals surface area contributed by atoms with Gasteiger partial charge in [-0.05, 0) is 43.2 Å². The van der Waals surface area contributed by atoms with E-state index in [-0.39, 0.29) is 24.5 Å². The van der Waals surface area contributed by atoms with Crippen molar-refractivity contribution in [2.24, 2.45) is 0 Å². The zero-order valence-corrected chi connectivity index (χ0v) is 18.0. The maximum atomic E-state index is 13.0. The lowest BCUT2D eigenvalue weighted by atomic mass is 9.93. The number of nitrogens with one attached hydrogen (secondary N) is 1. The molecule has 164 valence electrons. The highest BCUT2D eigenvalue weighted by Gasteiger charge is 2.29. The number of ether oxygens (including phenoxy) is 3. The van der Waals surface area contributed by atoms with Gasteiger partial charge in [-0.25, -0.2) is 0 Å². The number of carbonyl (C=O) groups excluding carboxylic acids is 2. The van der Waals surface area contributed by atoms with Crippen LogP contribution in [-0.4, -0.2) is 43.6 Å². The Labute approximate surface area is 182 Å². The SMILES string of the molecule is COc1cccc(OC)c1C(=O)Nc1ccc2c(c1)CN(C1CCCCC1)C(=O)CO2. The molecule has 1 fully saturated rings. The van der Waals surface area contributed by atoms with Crippen LogP contribution >= 0.6 is 0 Å². The van der Waals surface area contributed by atoms with Gasteiger partial charge in [0.2, 0.25) is 0 Å². The standard InChI is InChI=1S/C24H28N2O5/c1-29-20-9-6-10-21(30-2)23(20)24(28)25-17-11-12-19-16(13-17)14-26(22(27)15-31-19)18-7-4-3-5-8-18/h6,9-13,18H,3-5,7-8,14-15H2,1-2H3,(H,25,28). The number of carbonyl (C=O) groups is 2. The second kappa shape index (κ2) is 9.29. The first-order valence-electron chi connectivity index (χ1n) is 10.7. The molecular formula is C24H28N2O5. The van der Waals surface area contributed by atoms with E-state index in [1.165, 1.54) is 20.6 Å². The highest BCUT2D eigenvalue weighted by molar-refractivity contribution is 6.08. The molecule has 0 spiro atoms. The Morgan fingerprint density at radius 2 is 1.77 bits per heavy atom. The molecule has 0 bridgehead atoms. The van der Waals surface area contributed by atoms with E-state index in [2.05, 4.69) is 5.32 Å². The van der Waals surface area contributed by atoms with E-state index in [1.54, 1.807) is 24.3 Å². The minimum atomic E-state index is -0.330. The summed E-state index contributed by atoms with van der Waals surface area (Å²) in [5.41, 5.74) is 1.84. The predicted octanol–water partition coefficient (Wildman–Crippen LogP) is 4.01. The van der Waals surface area contributed by atoms with Crippen LogP contribution in [0.15, 0.2) is 36.4 Å². The Hall–Kier alpha value is -3.22. The predicted molar refractivity (Wildman–Crippen MR) is 117 cm³/mol. The summed E-state index contributed by atoms with van der Waals surface area (Å²) in [4.78, 5) is 27.6. The third-order valence-electron chi connectivity index (χ3n) is 6.00. The van der Waals surface area contributed by atoms with E-state index < -0.39 is 0 Å². The zero-order valence-electron chi connectivity index (χ0n) is 18.0. The van der Waals surface area contributed by atoms with Crippen molar-refractivity contribution in [3.63, 3.8) is 0 Å². The molecule has 1 aliphatic heterocycles. The molecule has 1 aliphatic carbocycles. The van der Waals surface area contributed by atoms with Crippen LogP contribution in [0.25, 0.3) is 0 Å². The summed E-state index contributed by atoms with van der Waals surface area (Å²) < 4.78 is 16.4. The normalized spacial score (nSPS) is 16.7. The van der Waals surface area contributed by atoms with E-state index in [0.717, 1.165) is 31.2 Å². The Balaban J connectivity index is 1.57. The summed E-state index contributed by atoms with van der Waals surface area (Å²) in [5, 5.41) is 2.93. The molecule has 0 aromatic heterocycles. The van der Waals surface area contributed by atoms with Gasteiger partial charge in [-0.15, -0.1) is 0 Å². The largest absolute Gasteiger partial charge is 0.496 e. The Morgan fingerprint density at radius 1 is 1.06 bits per heavy atom. The number of hydrogen-bond acceptors (Lipinski definition) is 5. The number of anilines is 1. The van der Waals surface area contributed by atoms with Gasteiger partial charge in [0.05, 0.1) is 14.2 Å². The maximum Gasteiger partial charge on any atom is 0.263 e. The van der Waals surface area contributed by atoms with Crippen LogP contribution < -0.4 is 19.5 Å². The summed E-state index contributed by atoms with van der Waals surface area (Å²) in [7, 11) is 3.03. The van der Waals surface area contributed by atoms with Crippen molar-refractivity contribution in [1.82, 2.24) is 4.90 Å². The number of benzene rings is 2. The Morgan fingerprint density at radius 3 is 2.45 bits per heavy atom. The fourth-order valence-corrected chi connectivity index (χ4v) is 4.41. The molecule has 0 saturated heterocycles. The van der Waals surface area contributed by atoms with Crippen molar-refractivity contribution < 1.29 is 23.8 Å². The van der Waals surface area contributed by atoms with Crippen molar-refractivity contribution in [1.29, 1.82) is 0 Å². The Kier molecular flexibility index (Phi) is 6.30. The molecule has 1 saturated carbocycles. The molecule has 1 N–H and O–H groups in total. The minimum absolute atomic E-state index is 0.0208. The molecule has 7 heteroatoms. The van der Waals surface area contributed by atoms with Crippen LogP contribution in [0.5, 0.6) is 17.2 Å². The quantitative estimate of drug-likeness (QED) is 0.785. The first-order valence-corrected chi connectivity index (χ1v) is 10.7. The number of hydrogen-bond donors (Lipinski definition) is 1. The molecule has 2 aromatic carbocycles. The average Bonchev–Trinajstić information content (AvgIpc) is 2.97. The van der Waals surface area contributed by atoms with E-state index in [9.17, 15) is 9.59 Å². The summed E-state index contributed by atoms with van der Waals surface area (Å²) >= 11 is 0. The lowest BCUT2D eigenvalue weighted by Gasteiger charge is -2.33. The highest BCUT2D eigenvalue weighted by Crippen LogP contribution is 2.32. The monoisotopic (exact) mass is 424 g/mol. The van der Waals surface area contributed by atoms with Gasteiger partial charge in [0.25, 0.3) is 11.8 Å². The van der Waals surface area contributed by atoms with Crippen LogP contribution in [0.3, 0.4) is 0 Å². The van der Waals surface area contributed by atoms with Crippen molar-refractivity contribution in [3.05, 3.63) is 47.5 Å². The molecular weight excluding hydrogens is 396 g/mol. The minimum Gasteiger partial charge on any atom is -0.496 e. The van der Waals surface area contributed by atoms with E-state index in [1.807, 2.05) is 17.0 Å². The van der Waals surface area contributed by atoms with Crippen molar-refractivity contribution in [2.75, 3.05) is 26.1 Å². The van der Waals surface area contributed by atoms with Crippen molar-refractivity contribution in [3.8, 4) is 17.2 Å². The third-order valence-corrected chi connectivity index (χ3v) is 6.00. The smallest absolute Gasteiger partial charge is 0.263 e. The van der Waals surface area contributed by atoms with Crippen molar-refractivity contribution in [2.45, 2.75) is 44.7 Å². The lowest BCUT2D eigenvalue weighted by molar-refractivity contribution is -0.136. The Bertz CT molecular complexity index is 946. The van der Waals surface area contributed by atoms with Crippen LogP contribution in [-0.2, 0) is 11.3 Å². The fourth-order valence-electron chi connectivity index (χ4n) is 4.41. The van der Waals surface area contributed by atoms with Crippen LogP contribution in [0.1, 0.15) is 48.0 Å². The van der Waals surface area contributed by atoms with Gasteiger partial charge >= 0.3 is 0 Å². The van der Waals surface area contributed by atoms with E-state index in [4.69, 9.17) is 14.2 Å². The van der Waals surface area contributed by atoms with Gasteiger partial charge in [-0.3, -0.25) is 9.59 Å². The van der Waals surface area contributed by atoms with Gasteiger partial charge in [-0.2, -0.15) is 0 Å². The van der Waals surface area contributed by atoms with E-state index >= 15 is 0 Å². The molecule has 0 radical (unpaired) electrons. The lowest BCUT2D eigenvalue weighted by Crippen LogP contribution is -2.42. The molecule has 2 aliphatic rings. The van der Waals surface area contributed by atoms with Crippen molar-refractivity contribution >= 4 is 17.5 Å². The number of fused-ring (bicyclic) bond motifs is 1. The van der Waals surface area contributed by atoms with Crippen LogP contribution in [0.4, 0.5) is 5.69 Å². The third kappa shape index (κ3) is 4.45. The van der Waals surface area contributed by atoms with Gasteiger partial charge in [0, 0.05) is 23.8 Å². The summed E-state index contributed by atoms with van der Waals surface area (Å²) in [6, 6.07) is 10.9. The van der Waals surface area contributed by atoms with Gasteiger partial charge in [0.1, 0.15) is 22.8 Å². The van der Waals surface area contributed by atoms with Gasteiger partial charge in [-0.1, -0.05) is 25.3 Å². The topological polar surface area (TPSA) is 77.1 Å². The second-order valence-corrected chi connectivity index (χ2v) is 7.92. The first-order chi connectivity index (χ1) is 15.1.